The van der Waals surface area contributed by atoms with Crippen LogP contribution >= 0.6 is 0 Å². The average Bonchev–Trinajstić information content (AvgIpc) is 2.69. The zero-order valence-corrected chi connectivity index (χ0v) is 9.63. The normalized spacial score (nSPS) is 14.0. The molecule has 0 spiro atoms. The van der Waals surface area contributed by atoms with Crippen molar-refractivity contribution in [3.05, 3.63) is 12.3 Å². The highest BCUT2D eigenvalue weighted by Crippen LogP contribution is 2.02. The number of rotatable bonds is 6. The van der Waals surface area contributed by atoms with Gasteiger partial charge in [-0.25, -0.2) is 13.1 Å². The molecule has 1 rings (SSSR count). The summed E-state index contributed by atoms with van der Waals surface area (Å²) in [5, 5.41) is 9.09. The van der Waals surface area contributed by atoms with Crippen LogP contribution < -0.4 is 10.0 Å². The molecule has 1 atom stereocenters. The van der Waals surface area contributed by atoms with Crippen LogP contribution in [0.15, 0.2) is 17.3 Å². The van der Waals surface area contributed by atoms with Crippen molar-refractivity contribution < 1.29 is 8.42 Å². The Labute approximate surface area is 89.5 Å². The van der Waals surface area contributed by atoms with E-state index in [4.69, 9.17) is 0 Å². The van der Waals surface area contributed by atoms with Gasteiger partial charge in [0.1, 0.15) is 0 Å². The number of nitrogens with zero attached hydrogens (tertiary/aromatic N) is 1. The smallest absolute Gasteiger partial charge is 0.257 e. The van der Waals surface area contributed by atoms with Gasteiger partial charge in [0.05, 0.1) is 6.20 Å². The number of aromatic amines is 1. The summed E-state index contributed by atoms with van der Waals surface area (Å²) >= 11 is 0. The van der Waals surface area contributed by atoms with E-state index < -0.39 is 10.0 Å². The molecule has 3 N–H and O–H groups in total. The second-order valence-corrected chi connectivity index (χ2v) is 5.17. The lowest BCUT2D eigenvalue weighted by Gasteiger charge is -2.11. The quantitative estimate of drug-likeness (QED) is 0.619. The molecule has 0 aliphatic carbocycles. The van der Waals surface area contributed by atoms with Crippen LogP contribution in [0.4, 0.5) is 0 Å². The van der Waals surface area contributed by atoms with Crippen LogP contribution in [-0.2, 0) is 10.0 Å². The van der Waals surface area contributed by atoms with Crippen LogP contribution in [0.25, 0.3) is 0 Å². The first kappa shape index (κ1) is 12.2. The Morgan fingerprint density at radius 1 is 1.53 bits per heavy atom. The molecule has 0 fully saturated rings. The van der Waals surface area contributed by atoms with E-state index in [1.165, 1.54) is 12.3 Å². The van der Waals surface area contributed by atoms with Gasteiger partial charge in [0.15, 0.2) is 5.03 Å². The number of sulfonamides is 1. The molecule has 0 saturated heterocycles. The highest BCUT2D eigenvalue weighted by Gasteiger charge is 2.15. The van der Waals surface area contributed by atoms with E-state index in [1.54, 1.807) is 0 Å². The summed E-state index contributed by atoms with van der Waals surface area (Å²) in [4.78, 5) is 0. The maximum atomic E-state index is 11.6. The second-order valence-electron chi connectivity index (χ2n) is 3.44. The number of hydrogen-bond acceptors (Lipinski definition) is 4. The van der Waals surface area contributed by atoms with Crippen LogP contribution in [-0.4, -0.2) is 38.8 Å². The van der Waals surface area contributed by atoms with Crippen molar-refractivity contribution in [2.24, 2.45) is 5.92 Å². The Hall–Kier alpha value is -0.920. The molecule has 1 heterocycles. The summed E-state index contributed by atoms with van der Waals surface area (Å²) < 4.78 is 25.7. The average molecular weight is 232 g/mol. The molecule has 86 valence electrons. The second kappa shape index (κ2) is 5.24. The first-order valence-electron chi connectivity index (χ1n) is 4.70. The zero-order chi connectivity index (χ0) is 11.3. The molecule has 1 unspecified atom stereocenters. The summed E-state index contributed by atoms with van der Waals surface area (Å²) in [5.41, 5.74) is 0. The van der Waals surface area contributed by atoms with Gasteiger partial charge in [-0.1, -0.05) is 6.92 Å². The maximum Gasteiger partial charge on any atom is 0.257 e. The lowest BCUT2D eigenvalue weighted by molar-refractivity contribution is 0.517. The highest BCUT2D eigenvalue weighted by atomic mass is 32.2. The van der Waals surface area contributed by atoms with Gasteiger partial charge in [0.25, 0.3) is 10.0 Å². The Bertz CT molecular complexity index is 373. The minimum absolute atomic E-state index is 0.0964. The maximum absolute atomic E-state index is 11.6. The first-order valence-corrected chi connectivity index (χ1v) is 6.18. The van der Waals surface area contributed by atoms with E-state index in [0.717, 1.165) is 6.54 Å². The Kier molecular flexibility index (Phi) is 4.25. The molecule has 6 nitrogen and oxygen atoms in total. The Morgan fingerprint density at radius 3 is 2.80 bits per heavy atom. The third-order valence-corrected chi connectivity index (χ3v) is 3.29. The molecule has 7 heteroatoms. The van der Waals surface area contributed by atoms with Crippen LogP contribution in [0.2, 0.25) is 0 Å². The van der Waals surface area contributed by atoms with Crippen LogP contribution in [0.5, 0.6) is 0 Å². The number of aromatic nitrogens is 2. The van der Waals surface area contributed by atoms with Crippen molar-refractivity contribution in [2.75, 3.05) is 20.1 Å². The molecule has 0 aliphatic heterocycles. The third kappa shape index (κ3) is 3.61. The van der Waals surface area contributed by atoms with Gasteiger partial charge in [0, 0.05) is 6.54 Å². The number of nitrogens with one attached hydrogen (secondary N) is 3. The van der Waals surface area contributed by atoms with Crippen molar-refractivity contribution in [3.8, 4) is 0 Å². The molecular weight excluding hydrogens is 216 g/mol. The SMILES string of the molecule is CNCC(C)CNS(=O)(=O)c1ccn[nH]1. The van der Waals surface area contributed by atoms with E-state index in [0.29, 0.717) is 6.54 Å². The van der Waals surface area contributed by atoms with Crippen LogP contribution in [0.3, 0.4) is 0 Å². The summed E-state index contributed by atoms with van der Waals surface area (Å²) in [6, 6.07) is 1.42. The van der Waals surface area contributed by atoms with Gasteiger partial charge in [-0.3, -0.25) is 5.10 Å². The fourth-order valence-electron chi connectivity index (χ4n) is 1.14. The van der Waals surface area contributed by atoms with Crippen molar-refractivity contribution in [1.29, 1.82) is 0 Å². The van der Waals surface area contributed by atoms with Crippen molar-refractivity contribution in [1.82, 2.24) is 20.2 Å². The van der Waals surface area contributed by atoms with Crippen LogP contribution in [0.1, 0.15) is 6.92 Å². The van der Waals surface area contributed by atoms with Gasteiger partial charge >= 0.3 is 0 Å². The summed E-state index contributed by atoms with van der Waals surface area (Å²) in [5.74, 6) is 0.243. The van der Waals surface area contributed by atoms with Gasteiger partial charge < -0.3 is 5.32 Å². The van der Waals surface area contributed by atoms with Crippen molar-refractivity contribution in [2.45, 2.75) is 11.9 Å². The summed E-state index contributed by atoms with van der Waals surface area (Å²) in [6.07, 6.45) is 1.41. The Balaban J connectivity index is 2.52. The van der Waals surface area contributed by atoms with Crippen LogP contribution in [0, 0.1) is 5.92 Å². The van der Waals surface area contributed by atoms with E-state index in [1.807, 2.05) is 14.0 Å². The van der Waals surface area contributed by atoms with Gasteiger partial charge in [-0.2, -0.15) is 5.10 Å². The summed E-state index contributed by atoms with van der Waals surface area (Å²) in [6.45, 7) is 3.14. The molecular formula is C8H16N4O2S. The number of hydrogen-bond donors (Lipinski definition) is 3. The standard InChI is InChI=1S/C8H16N4O2S/c1-7(5-9-2)6-11-15(13,14)8-3-4-10-12-8/h3-4,7,9,11H,5-6H2,1-2H3,(H,10,12). The highest BCUT2D eigenvalue weighted by molar-refractivity contribution is 7.89. The fraction of sp³-hybridized carbons (Fsp3) is 0.625. The summed E-state index contributed by atoms with van der Waals surface area (Å²) in [7, 11) is -1.59. The van der Waals surface area contributed by atoms with E-state index in [-0.39, 0.29) is 10.9 Å². The molecule has 1 aromatic rings. The Morgan fingerprint density at radius 2 is 2.27 bits per heavy atom. The van der Waals surface area contributed by atoms with E-state index in [2.05, 4.69) is 20.2 Å². The minimum atomic E-state index is -3.43. The third-order valence-electron chi connectivity index (χ3n) is 1.94. The molecule has 0 aromatic carbocycles. The molecule has 0 amide bonds. The molecule has 0 bridgehead atoms. The molecule has 0 radical (unpaired) electrons. The first-order chi connectivity index (χ1) is 7.06. The number of H-pyrrole nitrogens is 1. The predicted octanol–water partition coefficient (Wildman–Crippen LogP) is -0.456. The fourth-order valence-corrected chi connectivity index (χ4v) is 2.22. The minimum Gasteiger partial charge on any atom is -0.319 e. The van der Waals surface area contributed by atoms with Gasteiger partial charge in [0.2, 0.25) is 0 Å². The molecule has 1 aromatic heterocycles. The zero-order valence-electron chi connectivity index (χ0n) is 8.82. The van der Waals surface area contributed by atoms with E-state index >= 15 is 0 Å². The molecule has 15 heavy (non-hydrogen) atoms. The van der Waals surface area contributed by atoms with Gasteiger partial charge in [-0.05, 0) is 25.6 Å². The molecule has 0 saturated carbocycles. The predicted molar refractivity (Wildman–Crippen MR) is 56.9 cm³/mol. The van der Waals surface area contributed by atoms with Gasteiger partial charge in [-0.15, -0.1) is 0 Å². The van der Waals surface area contributed by atoms with Crippen molar-refractivity contribution in [3.63, 3.8) is 0 Å². The largest absolute Gasteiger partial charge is 0.319 e. The monoisotopic (exact) mass is 232 g/mol. The lowest BCUT2D eigenvalue weighted by Crippen LogP contribution is -2.32. The lowest BCUT2D eigenvalue weighted by atomic mass is 10.2. The molecule has 0 aliphatic rings. The topological polar surface area (TPSA) is 86.9 Å². The van der Waals surface area contributed by atoms with Crippen molar-refractivity contribution >= 4 is 10.0 Å². The van der Waals surface area contributed by atoms with E-state index in [9.17, 15) is 8.42 Å².